The Labute approximate surface area is 166 Å². The first-order chi connectivity index (χ1) is 13.9. The minimum atomic E-state index is -0.654. The van der Waals surface area contributed by atoms with E-state index in [1.807, 2.05) is 43.3 Å². The van der Waals surface area contributed by atoms with E-state index in [2.05, 4.69) is 5.32 Å². The molecule has 6 heteroatoms. The number of amides is 1. The molecule has 0 spiro atoms. The molecule has 0 saturated heterocycles. The molecule has 6 nitrogen and oxygen atoms in total. The molecule has 2 aromatic heterocycles. The number of carbonyl (C=O) groups is 1. The summed E-state index contributed by atoms with van der Waals surface area (Å²) in [5.41, 5.74) is 3.48. The molecule has 29 heavy (non-hydrogen) atoms. The van der Waals surface area contributed by atoms with Gasteiger partial charge in [-0.15, -0.1) is 0 Å². The summed E-state index contributed by atoms with van der Waals surface area (Å²) < 4.78 is 11.2. The Morgan fingerprint density at radius 3 is 2.62 bits per heavy atom. The predicted molar refractivity (Wildman–Crippen MR) is 111 cm³/mol. The SMILES string of the molecule is Cc1c(CC(=O)NC[C@@H](C)O)c(=O)oc2cc3occ(-c4ccccc4)c3cc12. The number of hydrogen-bond acceptors (Lipinski definition) is 5. The van der Waals surface area contributed by atoms with Crippen LogP contribution in [0.25, 0.3) is 33.1 Å². The normalized spacial score (nSPS) is 12.4. The van der Waals surface area contributed by atoms with E-state index in [4.69, 9.17) is 8.83 Å². The molecule has 0 saturated carbocycles. The zero-order valence-corrected chi connectivity index (χ0v) is 16.2. The second-order valence-electron chi connectivity index (χ2n) is 7.18. The largest absolute Gasteiger partial charge is 0.464 e. The van der Waals surface area contributed by atoms with Crippen LogP contribution in [0.2, 0.25) is 0 Å². The quantitative estimate of drug-likeness (QED) is 0.508. The van der Waals surface area contributed by atoms with Gasteiger partial charge in [0.25, 0.3) is 0 Å². The molecule has 2 heterocycles. The van der Waals surface area contributed by atoms with Gasteiger partial charge in [-0.3, -0.25) is 4.79 Å². The molecule has 2 N–H and O–H groups in total. The second kappa shape index (κ2) is 7.56. The summed E-state index contributed by atoms with van der Waals surface area (Å²) in [6.07, 6.45) is 0.932. The third-order valence-electron chi connectivity index (χ3n) is 5.00. The molecule has 1 amide bonds. The average Bonchev–Trinajstić information content (AvgIpc) is 3.12. The van der Waals surface area contributed by atoms with Gasteiger partial charge < -0.3 is 19.3 Å². The lowest BCUT2D eigenvalue weighted by molar-refractivity contribution is -0.120. The average molecular weight is 391 g/mol. The Kier molecular flexibility index (Phi) is 4.94. The highest BCUT2D eigenvalue weighted by Gasteiger charge is 2.17. The fourth-order valence-electron chi connectivity index (χ4n) is 3.44. The van der Waals surface area contributed by atoms with Gasteiger partial charge in [-0.1, -0.05) is 30.3 Å². The van der Waals surface area contributed by atoms with Crippen LogP contribution in [0, 0.1) is 6.92 Å². The van der Waals surface area contributed by atoms with Crippen molar-refractivity contribution in [2.45, 2.75) is 26.4 Å². The number of rotatable bonds is 5. The van der Waals surface area contributed by atoms with E-state index in [0.717, 1.165) is 21.9 Å². The molecule has 0 aliphatic rings. The molecule has 0 radical (unpaired) electrons. The Morgan fingerprint density at radius 1 is 1.14 bits per heavy atom. The number of aliphatic hydroxyl groups is 1. The lowest BCUT2D eigenvalue weighted by atomic mass is 9.99. The summed E-state index contributed by atoms with van der Waals surface area (Å²) in [4.78, 5) is 24.6. The zero-order valence-electron chi connectivity index (χ0n) is 16.2. The zero-order chi connectivity index (χ0) is 20.5. The van der Waals surface area contributed by atoms with Crippen molar-refractivity contribution in [3.05, 3.63) is 70.3 Å². The summed E-state index contributed by atoms with van der Waals surface area (Å²) >= 11 is 0. The number of nitrogens with one attached hydrogen (secondary N) is 1. The first-order valence-corrected chi connectivity index (χ1v) is 9.41. The number of aryl methyl sites for hydroxylation is 1. The third kappa shape index (κ3) is 3.67. The lowest BCUT2D eigenvalue weighted by Gasteiger charge is -2.10. The van der Waals surface area contributed by atoms with E-state index in [0.29, 0.717) is 22.3 Å². The Hall–Kier alpha value is -3.38. The van der Waals surface area contributed by atoms with E-state index in [1.54, 1.807) is 19.3 Å². The van der Waals surface area contributed by atoms with Crippen LogP contribution >= 0.6 is 0 Å². The first kappa shape index (κ1) is 19.0. The maximum Gasteiger partial charge on any atom is 0.340 e. The summed E-state index contributed by atoms with van der Waals surface area (Å²) in [5, 5.41) is 13.6. The summed E-state index contributed by atoms with van der Waals surface area (Å²) in [6.45, 7) is 3.52. The van der Waals surface area contributed by atoms with Crippen LogP contribution in [0.3, 0.4) is 0 Å². The van der Waals surface area contributed by atoms with Crippen molar-refractivity contribution in [3.8, 4) is 11.1 Å². The number of fused-ring (bicyclic) bond motifs is 2. The molecule has 4 rings (SSSR count). The smallest absolute Gasteiger partial charge is 0.340 e. The van der Waals surface area contributed by atoms with Gasteiger partial charge in [0.05, 0.1) is 24.4 Å². The molecule has 2 aromatic carbocycles. The topological polar surface area (TPSA) is 92.7 Å². The van der Waals surface area contributed by atoms with Gasteiger partial charge in [0.1, 0.15) is 11.2 Å². The van der Waals surface area contributed by atoms with Gasteiger partial charge in [-0.05, 0) is 31.0 Å². The number of aliphatic hydroxyl groups excluding tert-OH is 1. The van der Waals surface area contributed by atoms with Gasteiger partial charge in [-0.25, -0.2) is 4.79 Å². The molecule has 0 bridgehead atoms. The van der Waals surface area contributed by atoms with E-state index in [-0.39, 0.29) is 18.9 Å². The molecule has 4 aromatic rings. The molecule has 0 aliphatic carbocycles. The predicted octanol–water partition coefficient (Wildman–Crippen LogP) is 3.55. The van der Waals surface area contributed by atoms with Crippen LogP contribution < -0.4 is 10.9 Å². The lowest BCUT2D eigenvalue weighted by Crippen LogP contribution is -2.33. The van der Waals surface area contributed by atoms with Crippen molar-refractivity contribution >= 4 is 27.8 Å². The van der Waals surface area contributed by atoms with Crippen molar-refractivity contribution < 1.29 is 18.7 Å². The Morgan fingerprint density at radius 2 is 1.90 bits per heavy atom. The number of benzene rings is 2. The molecular weight excluding hydrogens is 370 g/mol. The summed E-state index contributed by atoms with van der Waals surface area (Å²) in [6, 6.07) is 13.5. The van der Waals surface area contributed by atoms with Crippen LogP contribution in [0.4, 0.5) is 0 Å². The van der Waals surface area contributed by atoms with Crippen LogP contribution in [0.15, 0.2) is 62.4 Å². The number of hydrogen-bond donors (Lipinski definition) is 2. The fraction of sp³-hybridized carbons (Fsp3) is 0.217. The molecule has 1 atom stereocenters. The molecule has 0 aliphatic heterocycles. The maximum atomic E-state index is 12.5. The Bertz CT molecular complexity index is 1250. The molecule has 0 unspecified atom stereocenters. The van der Waals surface area contributed by atoms with Crippen molar-refractivity contribution in [1.29, 1.82) is 0 Å². The monoisotopic (exact) mass is 391 g/mol. The van der Waals surface area contributed by atoms with Crippen molar-refractivity contribution in [2.75, 3.05) is 6.54 Å². The van der Waals surface area contributed by atoms with E-state index in [9.17, 15) is 14.7 Å². The highest BCUT2D eigenvalue weighted by atomic mass is 16.4. The number of furan rings is 1. The highest BCUT2D eigenvalue weighted by Crippen LogP contribution is 2.34. The molecule has 148 valence electrons. The van der Waals surface area contributed by atoms with Crippen LogP contribution in [0.5, 0.6) is 0 Å². The first-order valence-electron chi connectivity index (χ1n) is 9.41. The molecular formula is C23H21NO5. The van der Waals surface area contributed by atoms with Crippen LogP contribution in [-0.2, 0) is 11.2 Å². The number of carbonyl (C=O) groups excluding carboxylic acids is 1. The van der Waals surface area contributed by atoms with Crippen LogP contribution in [-0.4, -0.2) is 23.7 Å². The second-order valence-corrected chi connectivity index (χ2v) is 7.18. The van der Waals surface area contributed by atoms with E-state index < -0.39 is 11.7 Å². The highest BCUT2D eigenvalue weighted by molar-refractivity contribution is 6.02. The van der Waals surface area contributed by atoms with Gasteiger partial charge in [0.2, 0.25) is 5.91 Å². The van der Waals surface area contributed by atoms with Gasteiger partial charge >= 0.3 is 5.63 Å². The minimum Gasteiger partial charge on any atom is -0.464 e. The van der Waals surface area contributed by atoms with Gasteiger partial charge in [0.15, 0.2) is 0 Å². The van der Waals surface area contributed by atoms with E-state index in [1.165, 1.54) is 0 Å². The fourth-order valence-corrected chi connectivity index (χ4v) is 3.44. The molecule has 0 fully saturated rings. The van der Waals surface area contributed by atoms with Crippen molar-refractivity contribution in [1.82, 2.24) is 5.32 Å². The van der Waals surface area contributed by atoms with E-state index >= 15 is 0 Å². The van der Waals surface area contributed by atoms with Gasteiger partial charge in [-0.2, -0.15) is 0 Å². The minimum absolute atomic E-state index is 0.105. The summed E-state index contributed by atoms with van der Waals surface area (Å²) in [5.74, 6) is -0.338. The summed E-state index contributed by atoms with van der Waals surface area (Å²) in [7, 11) is 0. The van der Waals surface area contributed by atoms with Crippen molar-refractivity contribution in [2.24, 2.45) is 0 Å². The maximum absolute atomic E-state index is 12.5. The standard InChI is InChI=1S/C23H21NO5/c1-13(25)11-24-22(26)9-17-14(2)16-8-18-19(15-6-4-3-5-7-15)12-28-20(18)10-21(16)29-23(17)27/h3-8,10,12-13,25H,9,11H2,1-2H3,(H,24,26)/t13-/m1/s1. The van der Waals surface area contributed by atoms with Crippen molar-refractivity contribution in [3.63, 3.8) is 0 Å². The third-order valence-corrected chi connectivity index (χ3v) is 5.00. The van der Waals surface area contributed by atoms with Crippen LogP contribution in [0.1, 0.15) is 18.1 Å². The Balaban J connectivity index is 1.80. The van der Waals surface area contributed by atoms with Gasteiger partial charge in [0, 0.05) is 28.9 Å².